The highest BCUT2D eigenvalue weighted by molar-refractivity contribution is 5.95. The Morgan fingerprint density at radius 2 is 1.90 bits per heavy atom. The second kappa shape index (κ2) is 5.87. The quantitative estimate of drug-likeness (QED) is 0.715. The second-order valence-corrected chi connectivity index (χ2v) is 4.30. The first-order chi connectivity index (χ1) is 9.59. The minimum absolute atomic E-state index is 0.269. The van der Waals surface area contributed by atoms with Crippen LogP contribution in [0.4, 0.5) is 17.3 Å². The summed E-state index contributed by atoms with van der Waals surface area (Å²) >= 11 is 0. The summed E-state index contributed by atoms with van der Waals surface area (Å²) in [6.45, 7) is 0. The summed E-state index contributed by atoms with van der Waals surface area (Å²) in [5, 5.41) is 0. The van der Waals surface area contributed by atoms with Gasteiger partial charge in [-0.2, -0.15) is 0 Å². The topological polar surface area (TPSA) is 96.2 Å². The number of nitrogen functional groups attached to an aromatic ring is 1. The third kappa shape index (κ3) is 2.94. The molecule has 0 spiro atoms. The lowest BCUT2D eigenvalue weighted by atomic mass is 10.2. The monoisotopic (exact) mass is 272 g/mol. The molecule has 2 rings (SSSR count). The number of hydrazine groups is 1. The lowest BCUT2D eigenvalue weighted by Crippen LogP contribution is -2.30. The van der Waals surface area contributed by atoms with Gasteiger partial charge < -0.3 is 10.6 Å². The first-order valence-corrected chi connectivity index (χ1v) is 5.99. The van der Waals surface area contributed by atoms with E-state index >= 15 is 0 Å². The number of carbonyl (C=O) groups excluding carboxylic acids is 1. The average Bonchev–Trinajstić information content (AvgIpc) is 2.46. The molecule has 0 saturated heterocycles. The van der Waals surface area contributed by atoms with Crippen LogP contribution in [0, 0.1) is 0 Å². The van der Waals surface area contributed by atoms with E-state index in [0.717, 1.165) is 0 Å². The van der Waals surface area contributed by atoms with Crippen LogP contribution in [0.2, 0.25) is 0 Å². The van der Waals surface area contributed by atoms with E-state index in [4.69, 9.17) is 5.73 Å². The molecule has 0 bridgehead atoms. The van der Waals surface area contributed by atoms with E-state index in [-0.39, 0.29) is 5.91 Å². The van der Waals surface area contributed by atoms with Gasteiger partial charge in [0.1, 0.15) is 12.0 Å². The molecule has 2 aromatic rings. The third-order valence-electron chi connectivity index (χ3n) is 2.62. The van der Waals surface area contributed by atoms with E-state index in [2.05, 4.69) is 20.8 Å². The van der Waals surface area contributed by atoms with Gasteiger partial charge in [-0.1, -0.05) is 18.2 Å². The SMILES string of the molecule is CN(C)c1ncnc(NNC(=O)c2ccccc2)c1N. The summed E-state index contributed by atoms with van der Waals surface area (Å²) in [6.07, 6.45) is 1.38. The molecule has 4 N–H and O–H groups in total. The molecule has 1 amide bonds. The fourth-order valence-corrected chi connectivity index (χ4v) is 1.62. The van der Waals surface area contributed by atoms with Crippen LogP contribution >= 0.6 is 0 Å². The number of hydrogen-bond acceptors (Lipinski definition) is 6. The third-order valence-corrected chi connectivity index (χ3v) is 2.62. The van der Waals surface area contributed by atoms with Crippen molar-refractivity contribution in [1.29, 1.82) is 0 Å². The van der Waals surface area contributed by atoms with E-state index in [0.29, 0.717) is 22.9 Å². The molecule has 0 radical (unpaired) electrons. The van der Waals surface area contributed by atoms with Crippen LogP contribution in [-0.2, 0) is 0 Å². The molecule has 1 heterocycles. The highest BCUT2D eigenvalue weighted by atomic mass is 16.2. The number of aromatic nitrogens is 2. The Bertz CT molecular complexity index is 599. The van der Waals surface area contributed by atoms with Crippen LogP contribution in [0.1, 0.15) is 10.4 Å². The smallest absolute Gasteiger partial charge is 0.269 e. The summed E-state index contributed by atoms with van der Waals surface area (Å²) in [7, 11) is 3.65. The van der Waals surface area contributed by atoms with Crippen molar-refractivity contribution in [3.05, 3.63) is 42.2 Å². The van der Waals surface area contributed by atoms with Gasteiger partial charge in [0.05, 0.1) is 0 Å². The van der Waals surface area contributed by atoms with Crippen molar-refractivity contribution < 1.29 is 4.79 Å². The van der Waals surface area contributed by atoms with Crippen LogP contribution in [0.5, 0.6) is 0 Å². The Morgan fingerprint density at radius 1 is 1.20 bits per heavy atom. The second-order valence-electron chi connectivity index (χ2n) is 4.30. The predicted octanol–water partition coefficient (Wildman–Crippen LogP) is 0.882. The number of rotatable bonds is 4. The molecule has 1 aromatic heterocycles. The maximum atomic E-state index is 11.9. The molecule has 20 heavy (non-hydrogen) atoms. The molecule has 0 unspecified atom stereocenters. The molecule has 0 atom stereocenters. The Kier molecular flexibility index (Phi) is 3.99. The van der Waals surface area contributed by atoms with Gasteiger partial charge in [0, 0.05) is 19.7 Å². The van der Waals surface area contributed by atoms with E-state index in [1.165, 1.54) is 6.33 Å². The van der Waals surface area contributed by atoms with E-state index in [1.54, 1.807) is 29.2 Å². The Hall–Kier alpha value is -2.83. The van der Waals surface area contributed by atoms with Gasteiger partial charge in [-0.3, -0.25) is 15.6 Å². The normalized spacial score (nSPS) is 9.90. The van der Waals surface area contributed by atoms with Crippen LogP contribution in [0.25, 0.3) is 0 Å². The van der Waals surface area contributed by atoms with Gasteiger partial charge in [0.25, 0.3) is 5.91 Å². The number of nitrogens with one attached hydrogen (secondary N) is 2. The fourth-order valence-electron chi connectivity index (χ4n) is 1.62. The minimum Gasteiger partial charge on any atom is -0.393 e. The summed E-state index contributed by atoms with van der Waals surface area (Å²) in [5.74, 6) is 0.666. The number of amides is 1. The van der Waals surface area contributed by atoms with Gasteiger partial charge >= 0.3 is 0 Å². The molecule has 0 fully saturated rings. The first-order valence-electron chi connectivity index (χ1n) is 5.99. The van der Waals surface area contributed by atoms with Crippen LogP contribution in [0.3, 0.4) is 0 Å². The first kappa shape index (κ1) is 13.6. The maximum absolute atomic E-state index is 11.9. The fraction of sp³-hybridized carbons (Fsp3) is 0.154. The van der Waals surface area contributed by atoms with Crippen LogP contribution in [-0.4, -0.2) is 30.0 Å². The molecule has 104 valence electrons. The van der Waals surface area contributed by atoms with Crippen molar-refractivity contribution in [3.63, 3.8) is 0 Å². The Morgan fingerprint density at radius 3 is 2.55 bits per heavy atom. The molecule has 1 aromatic carbocycles. The molecule has 0 aliphatic heterocycles. The predicted molar refractivity (Wildman–Crippen MR) is 78.3 cm³/mol. The Labute approximate surface area is 116 Å². The van der Waals surface area contributed by atoms with Gasteiger partial charge in [0.15, 0.2) is 11.6 Å². The van der Waals surface area contributed by atoms with E-state index < -0.39 is 0 Å². The van der Waals surface area contributed by atoms with Crippen LogP contribution < -0.4 is 21.5 Å². The number of carbonyl (C=O) groups is 1. The minimum atomic E-state index is -0.269. The molecule has 0 aliphatic carbocycles. The highest BCUT2D eigenvalue weighted by Crippen LogP contribution is 2.23. The van der Waals surface area contributed by atoms with Crippen molar-refractivity contribution in [1.82, 2.24) is 15.4 Å². The standard InChI is InChI=1S/C13H16N6O/c1-19(2)12-10(14)11(15-8-16-12)17-18-13(20)9-6-4-3-5-7-9/h3-8H,14H2,1-2H3,(H,18,20)(H,15,16,17). The summed E-state index contributed by atoms with van der Waals surface area (Å²) in [6, 6.07) is 8.85. The summed E-state index contributed by atoms with van der Waals surface area (Å²) in [5.41, 5.74) is 12.1. The maximum Gasteiger partial charge on any atom is 0.269 e. The van der Waals surface area contributed by atoms with Crippen molar-refractivity contribution in [2.24, 2.45) is 0 Å². The number of hydrogen-bond donors (Lipinski definition) is 3. The van der Waals surface area contributed by atoms with Crippen molar-refractivity contribution >= 4 is 23.2 Å². The number of benzene rings is 1. The molecule has 7 nitrogen and oxygen atoms in total. The van der Waals surface area contributed by atoms with E-state index in [9.17, 15) is 4.79 Å². The van der Waals surface area contributed by atoms with Gasteiger partial charge in [-0.15, -0.1) is 0 Å². The zero-order valence-electron chi connectivity index (χ0n) is 11.3. The number of nitrogens with zero attached hydrogens (tertiary/aromatic N) is 3. The summed E-state index contributed by atoms with van der Waals surface area (Å²) < 4.78 is 0. The number of anilines is 3. The largest absolute Gasteiger partial charge is 0.393 e. The zero-order valence-corrected chi connectivity index (χ0v) is 11.3. The zero-order chi connectivity index (χ0) is 14.5. The molecule has 7 heteroatoms. The number of nitrogens with two attached hydrogens (primary N) is 1. The Balaban J connectivity index is 2.08. The van der Waals surface area contributed by atoms with Crippen molar-refractivity contribution in [2.45, 2.75) is 0 Å². The molecule has 0 aliphatic rings. The van der Waals surface area contributed by atoms with Gasteiger partial charge in [-0.25, -0.2) is 9.97 Å². The van der Waals surface area contributed by atoms with Crippen molar-refractivity contribution in [2.75, 3.05) is 30.2 Å². The highest BCUT2D eigenvalue weighted by Gasteiger charge is 2.10. The lowest BCUT2D eigenvalue weighted by molar-refractivity contribution is 0.0962. The van der Waals surface area contributed by atoms with Crippen molar-refractivity contribution in [3.8, 4) is 0 Å². The molecular formula is C13H16N6O. The van der Waals surface area contributed by atoms with Crippen LogP contribution in [0.15, 0.2) is 36.7 Å². The molecule has 0 saturated carbocycles. The average molecular weight is 272 g/mol. The lowest BCUT2D eigenvalue weighted by Gasteiger charge is -2.16. The summed E-state index contributed by atoms with van der Waals surface area (Å²) in [4.78, 5) is 21.7. The molecular weight excluding hydrogens is 256 g/mol. The van der Waals surface area contributed by atoms with Gasteiger partial charge in [0.2, 0.25) is 0 Å². The van der Waals surface area contributed by atoms with Gasteiger partial charge in [-0.05, 0) is 12.1 Å². The van der Waals surface area contributed by atoms with E-state index in [1.807, 2.05) is 20.2 Å².